The maximum Gasteiger partial charge on any atom is 0.276 e. The molecule has 2 N–H and O–H groups in total. The zero-order valence-electron chi connectivity index (χ0n) is 11.8. The first-order chi connectivity index (χ1) is 10.7. The predicted molar refractivity (Wildman–Crippen MR) is 83.0 cm³/mol. The number of nitrogens with one attached hydrogen (secondary N) is 2. The van der Waals surface area contributed by atoms with Crippen LogP contribution in [0.15, 0.2) is 35.3 Å². The lowest BCUT2D eigenvalue weighted by Crippen LogP contribution is -2.03. The minimum absolute atomic E-state index is 0.183. The molecule has 6 nitrogen and oxygen atoms in total. The van der Waals surface area contributed by atoms with Crippen molar-refractivity contribution < 1.29 is 9.47 Å². The number of nitrogens with zero attached hydrogens (tertiary/aromatic N) is 1. The first-order valence-corrected chi connectivity index (χ1v) is 6.55. The second-order valence-corrected chi connectivity index (χ2v) is 4.51. The molecular formula is C16H13N3O3. The minimum atomic E-state index is -0.243. The summed E-state index contributed by atoms with van der Waals surface area (Å²) < 4.78 is 10.7. The number of aromatic nitrogens is 3. The topological polar surface area (TPSA) is 80.0 Å². The Labute approximate surface area is 126 Å². The van der Waals surface area contributed by atoms with E-state index in [1.807, 2.05) is 0 Å². The Morgan fingerprint density at radius 2 is 2.23 bits per heavy atom. The number of ether oxygens (including phenoxy) is 2. The lowest BCUT2D eigenvalue weighted by Gasteiger charge is -2.09. The molecule has 3 aromatic rings. The number of pyridine rings is 1. The van der Waals surface area contributed by atoms with Gasteiger partial charge in [-0.05, 0) is 18.2 Å². The highest BCUT2D eigenvalue weighted by Crippen LogP contribution is 2.32. The van der Waals surface area contributed by atoms with E-state index in [1.54, 1.807) is 37.6 Å². The van der Waals surface area contributed by atoms with Crippen molar-refractivity contribution in [3.05, 3.63) is 40.8 Å². The second-order valence-electron chi connectivity index (χ2n) is 4.51. The van der Waals surface area contributed by atoms with Crippen molar-refractivity contribution in [3.8, 4) is 35.2 Å². The molecule has 0 bridgehead atoms. The maximum absolute atomic E-state index is 11.7. The van der Waals surface area contributed by atoms with Crippen molar-refractivity contribution in [1.82, 2.24) is 15.0 Å². The Hall–Kier alpha value is -3.20. The van der Waals surface area contributed by atoms with E-state index in [4.69, 9.17) is 15.9 Å². The number of benzene rings is 1. The lowest BCUT2D eigenvalue weighted by molar-refractivity contribution is 0.363. The average Bonchev–Trinajstić information content (AvgIpc) is 2.98. The van der Waals surface area contributed by atoms with Gasteiger partial charge in [0.25, 0.3) is 5.56 Å². The summed E-state index contributed by atoms with van der Waals surface area (Å²) in [6, 6.07) is 7.05. The van der Waals surface area contributed by atoms with Gasteiger partial charge in [-0.25, -0.2) is 4.98 Å². The van der Waals surface area contributed by atoms with Crippen molar-refractivity contribution in [1.29, 1.82) is 0 Å². The fourth-order valence-corrected chi connectivity index (χ4v) is 2.16. The van der Waals surface area contributed by atoms with Gasteiger partial charge in [0.05, 0.1) is 18.2 Å². The zero-order valence-corrected chi connectivity index (χ0v) is 11.8. The van der Waals surface area contributed by atoms with E-state index < -0.39 is 0 Å². The van der Waals surface area contributed by atoms with Crippen LogP contribution in [-0.2, 0) is 0 Å². The summed E-state index contributed by atoms with van der Waals surface area (Å²) in [6.07, 6.45) is 6.74. The molecule has 2 heterocycles. The molecule has 0 saturated carbocycles. The normalized spacial score (nSPS) is 10.4. The zero-order chi connectivity index (χ0) is 15.5. The number of hydrogen-bond donors (Lipinski definition) is 2. The summed E-state index contributed by atoms with van der Waals surface area (Å²) in [5, 5.41) is 0. The quantitative estimate of drug-likeness (QED) is 0.721. The van der Waals surface area contributed by atoms with Crippen LogP contribution >= 0.6 is 0 Å². The second kappa shape index (κ2) is 5.66. The Kier molecular flexibility index (Phi) is 3.54. The number of imidazole rings is 1. The molecule has 0 aliphatic carbocycles. The summed E-state index contributed by atoms with van der Waals surface area (Å²) >= 11 is 0. The largest absolute Gasteiger partial charge is 0.496 e. The van der Waals surface area contributed by atoms with E-state index >= 15 is 0 Å². The van der Waals surface area contributed by atoms with Crippen LogP contribution in [0.4, 0.5) is 0 Å². The maximum atomic E-state index is 11.7. The molecule has 0 aliphatic heterocycles. The van der Waals surface area contributed by atoms with Gasteiger partial charge in [-0.3, -0.25) is 4.79 Å². The third-order valence-electron chi connectivity index (χ3n) is 3.16. The monoisotopic (exact) mass is 295 g/mol. The lowest BCUT2D eigenvalue weighted by atomic mass is 10.2. The van der Waals surface area contributed by atoms with Crippen molar-refractivity contribution in [2.75, 3.05) is 13.7 Å². The van der Waals surface area contributed by atoms with Gasteiger partial charge >= 0.3 is 0 Å². The van der Waals surface area contributed by atoms with Crippen molar-refractivity contribution in [2.24, 2.45) is 0 Å². The van der Waals surface area contributed by atoms with Gasteiger partial charge in [0.1, 0.15) is 23.9 Å². The Bertz CT molecular complexity index is 918. The first kappa shape index (κ1) is 13.8. The van der Waals surface area contributed by atoms with Gasteiger partial charge in [-0.1, -0.05) is 5.92 Å². The minimum Gasteiger partial charge on any atom is -0.496 e. The number of fused-ring (bicyclic) bond motifs is 1. The van der Waals surface area contributed by atoms with Crippen LogP contribution < -0.4 is 15.0 Å². The van der Waals surface area contributed by atoms with E-state index in [1.165, 1.54) is 0 Å². The van der Waals surface area contributed by atoms with Crippen LogP contribution in [0.25, 0.3) is 22.4 Å². The van der Waals surface area contributed by atoms with Gasteiger partial charge in [0.2, 0.25) is 0 Å². The molecule has 0 spiro atoms. The number of terminal acetylenes is 1. The molecule has 2 aromatic heterocycles. The highest BCUT2D eigenvalue weighted by atomic mass is 16.5. The van der Waals surface area contributed by atoms with E-state index in [9.17, 15) is 4.79 Å². The molecule has 0 radical (unpaired) electrons. The first-order valence-electron chi connectivity index (χ1n) is 6.55. The van der Waals surface area contributed by atoms with Crippen molar-refractivity contribution >= 4 is 11.0 Å². The standard InChI is InChI=1S/C16H13N3O3/c1-3-8-22-10-4-5-11(13(9-10)21-2)15-18-12-6-7-17-16(20)14(12)19-15/h1,4-7,9H,8H2,2H3,(H,17,20)(H,18,19). The van der Waals surface area contributed by atoms with Crippen molar-refractivity contribution in [3.63, 3.8) is 0 Å². The van der Waals surface area contributed by atoms with E-state index in [-0.39, 0.29) is 12.2 Å². The Morgan fingerprint density at radius 1 is 1.36 bits per heavy atom. The van der Waals surface area contributed by atoms with Gasteiger partial charge in [-0.15, -0.1) is 6.42 Å². The van der Waals surface area contributed by atoms with Gasteiger partial charge < -0.3 is 19.4 Å². The number of aromatic amines is 2. The van der Waals surface area contributed by atoms with E-state index in [2.05, 4.69) is 20.9 Å². The number of hydrogen-bond acceptors (Lipinski definition) is 4. The molecule has 0 aliphatic rings. The van der Waals surface area contributed by atoms with Crippen LogP contribution in [0.5, 0.6) is 11.5 Å². The smallest absolute Gasteiger partial charge is 0.276 e. The summed E-state index contributed by atoms with van der Waals surface area (Å²) in [5.74, 6) is 4.13. The van der Waals surface area contributed by atoms with Crippen LogP contribution in [0.1, 0.15) is 0 Å². The van der Waals surface area contributed by atoms with Crippen LogP contribution in [0.3, 0.4) is 0 Å². The number of methoxy groups -OCH3 is 1. The molecule has 0 amide bonds. The van der Waals surface area contributed by atoms with E-state index in [0.29, 0.717) is 28.4 Å². The fourth-order valence-electron chi connectivity index (χ4n) is 2.16. The molecular weight excluding hydrogens is 282 g/mol. The highest BCUT2D eigenvalue weighted by Gasteiger charge is 2.13. The van der Waals surface area contributed by atoms with Gasteiger partial charge in [0, 0.05) is 12.3 Å². The SMILES string of the molecule is C#CCOc1ccc(-c2nc3c(=O)[nH]ccc3[nH]2)c(OC)c1. The summed E-state index contributed by atoms with van der Waals surface area (Å²) in [6.45, 7) is 0.183. The molecule has 0 fully saturated rings. The highest BCUT2D eigenvalue weighted by molar-refractivity contribution is 5.79. The van der Waals surface area contributed by atoms with Crippen LogP contribution in [0, 0.1) is 12.3 Å². The summed E-state index contributed by atoms with van der Waals surface area (Å²) in [4.78, 5) is 21.8. The Morgan fingerprint density at radius 3 is 2.95 bits per heavy atom. The summed E-state index contributed by atoms with van der Waals surface area (Å²) in [7, 11) is 1.55. The molecule has 0 unspecified atom stereocenters. The number of H-pyrrole nitrogens is 2. The average molecular weight is 295 g/mol. The molecule has 22 heavy (non-hydrogen) atoms. The third-order valence-corrected chi connectivity index (χ3v) is 3.16. The fraction of sp³-hybridized carbons (Fsp3) is 0.125. The molecule has 0 saturated heterocycles. The van der Waals surface area contributed by atoms with E-state index in [0.717, 1.165) is 5.56 Å². The molecule has 110 valence electrons. The van der Waals surface area contributed by atoms with Gasteiger partial charge in [0.15, 0.2) is 5.52 Å². The molecule has 0 atom stereocenters. The van der Waals surface area contributed by atoms with Gasteiger partial charge in [-0.2, -0.15) is 0 Å². The molecule has 6 heteroatoms. The van der Waals surface area contributed by atoms with Crippen LogP contribution in [0.2, 0.25) is 0 Å². The Balaban J connectivity index is 2.08. The molecule has 3 rings (SSSR count). The summed E-state index contributed by atoms with van der Waals surface area (Å²) in [5.41, 5.74) is 1.50. The van der Waals surface area contributed by atoms with Crippen molar-refractivity contribution in [2.45, 2.75) is 0 Å². The number of rotatable bonds is 4. The molecule has 1 aromatic carbocycles. The third kappa shape index (κ3) is 2.40. The predicted octanol–water partition coefficient (Wildman–Crippen LogP) is 1.94. The van der Waals surface area contributed by atoms with Crippen LogP contribution in [-0.4, -0.2) is 28.7 Å².